The van der Waals surface area contributed by atoms with Gasteiger partial charge in [-0.2, -0.15) is 5.10 Å². The zero-order valence-corrected chi connectivity index (χ0v) is 15.2. The van der Waals surface area contributed by atoms with Crippen molar-refractivity contribution in [2.24, 2.45) is 5.92 Å². The fraction of sp³-hybridized carbons (Fsp3) is 0.789. The molecule has 1 aromatic rings. The molecule has 0 aromatic carbocycles. The molecule has 2 aliphatic rings. The number of carbonyl (C=O) groups excluding carboxylic acids is 1. The normalized spacial score (nSPS) is 22.8. The smallest absolute Gasteiger partial charge is 0.220 e. The van der Waals surface area contributed by atoms with Gasteiger partial charge in [-0.05, 0) is 64.0 Å². The number of H-pyrrole nitrogens is 1. The Labute approximate surface area is 145 Å². The minimum Gasteiger partial charge on any atom is -0.356 e. The van der Waals surface area contributed by atoms with Gasteiger partial charge in [0.2, 0.25) is 5.91 Å². The maximum atomic E-state index is 12.2. The Bertz CT molecular complexity index is 528. The van der Waals surface area contributed by atoms with E-state index in [4.69, 9.17) is 0 Å². The highest BCUT2D eigenvalue weighted by molar-refractivity contribution is 5.76. The molecule has 1 atom stereocenters. The van der Waals surface area contributed by atoms with Crippen LogP contribution in [0.5, 0.6) is 0 Å². The fourth-order valence-corrected chi connectivity index (χ4v) is 4.39. The molecule has 2 heterocycles. The van der Waals surface area contributed by atoms with E-state index in [1.165, 1.54) is 57.2 Å². The van der Waals surface area contributed by atoms with Gasteiger partial charge in [0.15, 0.2) is 0 Å². The number of aryl methyl sites for hydroxylation is 2. The minimum atomic E-state index is 0.174. The number of likely N-dealkylation sites (tertiary alicyclic amines) is 1. The van der Waals surface area contributed by atoms with Crippen LogP contribution < -0.4 is 5.32 Å². The van der Waals surface area contributed by atoms with Crippen LogP contribution in [-0.4, -0.2) is 46.7 Å². The zero-order chi connectivity index (χ0) is 16.9. The molecule has 5 nitrogen and oxygen atoms in total. The van der Waals surface area contributed by atoms with Gasteiger partial charge in [0.25, 0.3) is 0 Å². The third kappa shape index (κ3) is 4.38. The molecule has 0 spiro atoms. The van der Waals surface area contributed by atoms with Crippen molar-refractivity contribution >= 4 is 5.91 Å². The predicted octanol–water partition coefficient (Wildman–Crippen LogP) is 2.73. The number of aromatic nitrogens is 2. The Hall–Kier alpha value is -1.36. The molecule has 2 N–H and O–H groups in total. The molecule has 0 unspecified atom stereocenters. The Morgan fingerprint density at radius 1 is 1.25 bits per heavy atom. The molecule has 2 fully saturated rings. The lowest BCUT2D eigenvalue weighted by atomic mass is 9.96. The Morgan fingerprint density at radius 3 is 2.75 bits per heavy atom. The second-order valence-corrected chi connectivity index (χ2v) is 7.66. The molecule has 0 radical (unpaired) electrons. The lowest BCUT2D eigenvalue weighted by Gasteiger charge is -2.36. The monoisotopic (exact) mass is 332 g/mol. The molecular formula is C19H32N4O. The summed E-state index contributed by atoms with van der Waals surface area (Å²) in [5, 5.41) is 10.4. The van der Waals surface area contributed by atoms with Crippen LogP contribution in [0.2, 0.25) is 0 Å². The van der Waals surface area contributed by atoms with Crippen LogP contribution in [0.25, 0.3) is 0 Å². The molecule has 1 amide bonds. The number of piperidine rings is 1. The molecule has 3 rings (SSSR count). The lowest BCUT2D eigenvalue weighted by Crippen LogP contribution is -2.44. The predicted molar refractivity (Wildman–Crippen MR) is 95.9 cm³/mol. The molecule has 5 heteroatoms. The molecule has 0 bridgehead atoms. The van der Waals surface area contributed by atoms with E-state index in [1.54, 1.807) is 0 Å². The maximum absolute atomic E-state index is 12.2. The highest BCUT2D eigenvalue weighted by Crippen LogP contribution is 2.27. The molecule has 1 aliphatic carbocycles. The van der Waals surface area contributed by atoms with Gasteiger partial charge in [-0.25, -0.2) is 0 Å². The molecule has 24 heavy (non-hydrogen) atoms. The Morgan fingerprint density at radius 2 is 2.04 bits per heavy atom. The summed E-state index contributed by atoms with van der Waals surface area (Å²) in [4.78, 5) is 14.9. The van der Waals surface area contributed by atoms with E-state index in [0.29, 0.717) is 12.3 Å². The molecule has 1 aliphatic heterocycles. The molecular weight excluding hydrogens is 300 g/mol. The van der Waals surface area contributed by atoms with Gasteiger partial charge in [0, 0.05) is 31.2 Å². The molecule has 134 valence electrons. The SMILES string of the molecule is Cc1n[nH]c(C)c1CCC(=O)NC[C@@H]1CCCN(C2CCCC2)C1. The second kappa shape index (κ2) is 8.15. The highest BCUT2D eigenvalue weighted by Gasteiger charge is 2.27. The van der Waals surface area contributed by atoms with Crippen LogP contribution in [0, 0.1) is 19.8 Å². The van der Waals surface area contributed by atoms with E-state index in [1.807, 2.05) is 13.8 Å². The molecule has 1 saturated heterocycles. The quantitative estimate of drug-likeness (QED) is 0.842. The maximum Gasteiger partial charge on any atom is 0.220 e. The van der Waals surface area contributed by atoms with Gasteiger partial charge in [-0.1, -0.05) is 12.8 Å². The first-order valence-electron chi connectivity index (χ1n) is 9.64. The number of carbonyl (C=O) groups is 1. The van der Waals surface area contributed by atoms with E-state index in [9.17, 15) is 4.79 Å². The van der Waals surface area contributed by atoms with Crippen LogP contribution >= 0.6 is 0 Å². The topological polar surface area (TPSA) is 61.0 Å². The van der Waals surface area contributed by atoms with E-state index in [2.05, 4.69) is 20.4 Å². The van der Waals surface area contributed by atoms with Crippen molar-refractivity contribution in [1.82, 2.24) is 20.4 Å². The third-order valence-electron chi connectivity index (χ3n) is 5.86. The van der Waals surface area contributed by atoms with Gasteiger partial charge >= 0.3 is 0 Å². The first-order chi connectivity index (χ1) is 11.6. The highest BCUT2D eigenvalue weighted by atomic mass is 16.1. The van der Waals surface area contributed by atoms with Crippen molar-refractivity contribution in [3.63, 3.8) is 0 Å². The van der Waals surface area contributed by atoms with Crippen molar-refractivity contribution in [1.29, 1.82) is 0 Å². The van der Waals surface area contributed by atoms with Crippen LogP contribution in [0.15, 0.2) is 0 Å². The summed E-state index contributed by atoms with van der Waals surface area (Å²) in [6, 6.07) is 0.815. The van der Waals surface area contributed by atoms with Crippen LogP contribution in [0.4, 0.5) is 0 Å². The van der Waals surface area contributed by atoms with Crippen molar-refractivity contribution in [3.05, 3.63) is 17.0 Å². The summed E-state index contributed by atoms with van der Waals surface area (Å²) in [5.74, 6) is 0.800. The van der Waals surface area contributed by atoms with Gasteiger partial charge in [0.1, 0.15) is 0 Å². The summed E-state index contributed by atoms with van der Waals surface area (Å²) in [5.41, 5.74) is 3.29. The number of hydrogen-bond donors (Lipinski definition) is 2. The number of rotatable bonds is 6. The van der Waals surface area contributed by atoms with Crippen molar-refractivity contribution in [3.8, 4) is 0 Å². The van der Waals surface area contributed by atoms with E-state index in [-0.39, 0.29) is 5.91 Å². The first-order valence-corrected chi connectivity index (χ1v) is 9.64. The number of nitrogens with zero attached hydrogens (tertiary/aromatic N) is 2. The fourth-order valence-electron chi connectivity index (χ4n) is 4.39. The third-order valence-corrected chi connectivity index (χ3v) is 5.86. The summed E-state index contributed by atoms with van der Waals surface area (Å²) in [6.45, 7) is 7.29. The van der Waals surface area contributed by atoms with Crippen LogP contribution in [0.1, 0.15) is 61.9 Å². The van der Waals surface area contributed by atoms with Crippen molar-refractivity contribution in [2.45, 2.75) is 71.3 Å². The van der Waals surface area contributed by atoms with Gasteiger partial charge in [-0.3, -0.25) is 9.89 Å². The van der Waals surface area contributed by atoms with Gasteiger partial charge < -0.3 is 10.2 Å². The minimum absolute atomic E-state index is 0.174. The lowest BCUT2D eigenvalue weighted by molar-refractivity contribution is -0.121. The van der Waals surface area contributed by atoms with Crippen molar-refractivity contribution < 1.29 is 4.79 Å². The van der Waals surface area contributed by atoms with Crippen LogP contribution in [0.3, 0.4) is 0 Å². The summed E-state index contributed by atoms with van der Waals surface area (Å²) >= 11 is 0. The summed E-state index contributed by atoms with van der Waals surface area (Å²) < 4.78 is 0. The average Bonchev–Trinajstić information content (AvgIpc) is 3.22. The zero-order valence-electron chi connectivity index (χ0n) is 15.2. The van der Waals surface area contributed by atoms with E-state index in [0.717, 1.165) is 30.4 Å². The van der Waals surface area contributed by atoms with Crippen LogP contribution in [-0.2, 0) is 11.2 Å². The average molecular weight is 332 g/mol. The standard InChI is InChI=1S/C19H32N4O/c1-14-18(15(2)22-21-14)9-10-19(24)20-12-16-6-5-11-23(13-16)17-7-3-4-8-17/h16-17H,3-13H2,1-2H3,(H,20,24)(H,21,22)/t16-/m0/s1. The summed E-state index contributed by atoms with van der Waals surface area (Å²) in [7, 11) is 0. The molecule has 1 aromatic heterocycles. The molecule has 1 saturated carbocycles. The number of nitrogens with one attached hydrogen (secondary N) is 2. The second-order valence-electron chi connectivity index (χ2n) is 7.66. The largest absolute Gasteiger partial charge is 0.356 e. The van der Waals surface area contributed by atoms with Gasteiger partial charge in [0.05, 0.1) is 5.69 Å². The first kappa shape index (κ1) is 17.5. The van der Waals surface area contributed by atoms with E-state index >= 15 is 0 Å². The van der Waals surface area contributed by atoms with Crippen molar-refractivity contribution in [2.75, 3.05) is 19.6 Å². The Kier molecular flexibility index (Phi) is 5.93. The Balaban J connectivity index is 1.39. The summed E-state index contributed by atoms with van der Waals surface area (Å²) in [6.07, 6.45) is 9.42. The van der Waals surface area contributed by atoms with Gasteiger partial charge in [-0.15, -0.1) is 0 Å². The van der Waals surface area contributed by atoms with E-state index < -0.39 is 0 Å². The number of hydrogen-bond acceptors (Lipinski definition) is 3. The number of aromatic amines is 1. The number of amides is 1.